The van der Waals surface area contributed by atoms with Gasteiger partial charge in [0.1, 0.15) is 0 Å². The molecule has 1 aromatic rings. The molecule has 138 valence electrons. The van der Waals surface area contributed by atoms with Gasteiger partial charge in [-0.2, -0.15) is 5.10 Å². The summed E-state index contributed by atoms with van der Waals surface area (Å²) in [6.07, 6.45) is 6.10. The molecule has 0 atom stereocenters. The molecule has 0 saturated carbocycles. The molecule has 3 heterocycles. The molecule has 1 amide bonds. The van der Waals surface area contributed by atoms with Gasteiger partial charge in [0.2, 0.25) is 5.91 Å². The lowest BCUT2D eigenvalue weighted by Crippen LogP contribution is -2.34. The van der Waals surface area contributed by atoms with Crippen molar-refractivity contribution in [1.29, 1.82) is 0 Å². The van der Waals surface area contributed by atoms with Crippen molar-refractivity contribution in [3.8, 4) is 0 Å². The minimum Gasteiger partial charge on any atom is -0.339 e. The lowest BCUT2D eigenvalue weighted by molar-refractivity contribution is -0.130. The second kappa shape index (κ2) is 8.15. The number of aromatic nitrogens is 2. The fourth-order valence-corrected chi connectivity index (χ4v) is 3.85. The first-order valence-electron chi connectivity index (χ1n) is 9.53. The zero-order valence-electron chi connectivity index (χ0n) is 15.8. The number of likely N-dealkylation sites (N-methyl/N-ethyl adjacent to an activating group) is 2. The third-order valence-electron chi connectivity index (χ3n) is 5.26. The van der Waals surface area contributed by atoms with Gasteiger partial charge in [0.25, 0.3) is 0 Å². The number of fused-ring (bicyclic) bond motifs is 1. The number of nitrogens with one attached hydrogen (secondary N) is 1. The molecule has 0 fully saturated rings. The van der Waals surface area contributed by atoms with Crippen LogP contribution in [0.25, 0.3) is 5.57 Å². The molecule has 2 aliphatic rings. The molecule has 25 heavy (non-hydrogen) atoms. The molecular weight excluding hydrogens is 314 g/mol. The number of rotatable bonds is 7. The quantitative estimate of drug-likeness (QED) is 0.814. The van der Waals surface area contributed by atoms with Gasteiger partial charge in [-0.3, -0.25) is 14.4 Å². The highest BCUT2D eigenvalue weighted by Gasteiger charge is 2.26. The maximum atomic E-state index is 11.9. The molecule has 6 heteroatoms. The van der Waals surface area contributed by atoms with Crippen LogP contribution in [0.3, 0.4) is 0 Å². The standard InChI is InChI=1S/C19H31N5O/c1-4-18(25)23-11-7-15(8-12-23)19-16(14-22(3)13-9-20-2)21-24-10-5-6-17(19)24/h7,20H,4-6,8-14H2,1-3H3. The van der Waals surface area contributed by atoms with Crippen LogP contribution in [0.15, 0.2) is 6.08 Å². The minimum atomic E-state index is 0.252. The number of amides is 1. The molecule has 1 aromatic heterocycles. The minimum absolute atomic E-state index is 0.252. The van der Waals surface area contributed by atoms with Crippen LogP contribution in [0, 0.1) is 0 Å². The van der Waals surface area contributed by atoms with E-state index in [2.05, 4.69) is 28.0 Å². The normalized spacial score (nSPS) is 17.1. The van der Waals surface area contributed by atoms with Crippen molar-refractivity contribution in [1.82, 2.24) is 24.9 Å². The number of aryl methyl sites for hydroxylation is 1. The summed E-state index contributed by atoms with van der Waals surface area (Å²) in [6.45, 7) is 7.42. The molecule has 0 spiro atoms. The van der Waals surface area contributed by atoms with E-state index in [1.165, 1.54) is 28.9 Å². The second-order valence-electron chi connectivity index (χ2n) is 7.11. The Labute approximate surface area is 150 Å². The number of carbonyl (C=O) groups excluding carboxylic acids is 1. The van der Waals surface area contributed by atoms with Gasteiger partial charge >= 0.3 is 0 Å². The van der Waals surface area contributed by atoms with E-state index in [9.17, 15) is 4.79 Å². The first-order valence-corrected chi connectivity index (χ1v) is 9.53. The molecule has 3 rings (SSSR count). The van der Waals surface area contributed by atoms with Crippen molar-refractivity contribution in [3.05, 3.63) is 23.0 Å². The smallest absolute Gasteiger partial charge is 0.222 e. The third kappa shape index (κ3) is 3.96. The summed E-state index contributed by atoms with van der Waals surface area (Å²) in [7, 11) is 4.14. The Morgan fingerprint density at radius 3 is 2.88 bits per heavy atom. The first kappa shape index (κ1) is 18.1. The van der Waals surface area contributed by atoms with E-state index < -0.39 is 0 Å². The summed E-state index contributed by atoms with van der Waals surface area (Å²) < 4.78 is 2.21. The molecule has 6 nitrogen and oxygen atoms in total. The van der Waals surface area contributed by atoms with Crippen molar-refractivity contribution >= 4 is 11.5 Å². The van der Waals surface area contributed by atoms with Gasteiger partial charge in [0.05, 0.1) is 5.69 Å². The maximum Gasteiger partial charge on any atom is 0.222 e. The van der Waals surface area contributed by atoms with E-state index in [-0.39, 0.29) is 5.91 Å². The topological polar surface area (TPSA) is 53.4 Å². The zero-order valence-corrected chi connectivity index (χ0v) is 15.8. The van der Waals surface area contributed by atoms with Crippen molar-refractivity contribution < 1.29 is 4.79 Å². The Hall–Kier alpha value is -1.66. The van der Waals surface area contributed by atoms with Crippen LogP contribution >= 0.6 is 0 Å². The van der Waals surface area contributed by atoms with Crippen LogP contribution in [-0.2, 0) is 24.3 Å². The largest absolute Gasteiger partial charge is 0.339 e. The molecule has 0 aromatic carbocycles. The van der Waals surface area contributed by atoms with Crippen molar-refractivity contribution in [2.45, 2.75) is 45.7 Å². The summed E-state index contributed by atoms with van der Waals surface area (Å²) in [5, 5.41) is 8.12. The molecular formula is C19H31N5O. The van der Waals surface area contributed by atoms with Crippen LogP contribution < -0.4 is 5.32 Å². The van der Waals surface area contributed by atoms with Gasteiger partial charge in [0, 0.05) is 56.9 Å². The van der Waals surface area contributed by atoms with Gasteiger partial charge in [-0.25, -0.2) is 0 Å². The summed E-state index contributed by atoms with van der Waals surface area (Å²) in [5.74, 6) is 0.252. The van der Waals surface area contributed by atoms with Crippen molar-refractivity contribution in [2.75, 3.05) is 40.3 Å². The van der Waals surface area contributed by atoms with Crippen LogP contribution in [0.2, 0.25) is 0 Å². The van der Waals surface area contributed by atoms with Crippen LogP contribution in [0.5, 0.6) is 0 Å². The molecule has 1 N–H and O–H groups in total. The first-order chi connectivity index (χ1) is 12.1. The van der Waals surface area contributed by atoms with E-state index >= 15 is 0 Å². The van der Waals surface area contributed by atoms with Gasteiger partial charge < -0.3 is 10.2 Å². The average molecular weight is 345 g/mol. The number of carbonyl (C=O) groups is 1. The van der Waals surface area contributed by atoms with Gasteiger partial charge in [-0.1, -0.05) is 13.0 Å². The Kier molecular flexibility index (Phi) is 5.91. The summed E-state index contributed by atoms with van der Waals surface area (Å²) in [4.78, 5) is 16.2. The average Bonchev–Trinajstić information content (AvgIpc) is 3.20. The van der Waals surface area contributed by atoms with Crippen molar-refractivity contribution in [3.63, 3.8) is 0 Å². The van der Waals surface area contributed by atoms with E-state index in [4.69, 9.17) is 5.10 Å². The van der Waals surface area contributed by atoms with E-state index in [0.717, 1.165) is 52.1 Å². The number of nitrogens with zero attached hydrogens (tertiary/aromatic N) is 4. The molecule has 0 unspecified atom stereocenters. The second-order valence-corrected chi connectivity index (χ2v) is 7.11. The van der Waals surface area contributed by atoms with E-state index in [0.29, 0.717) is 6.42 Å². The maximum absolute atomic E-state index is 11.9. The predicted octanol–water partition coefficient (Wildman–Crippen LogP) is 1.51. The third-order valence-corrected chi connectivity index (χ3v) is 5.26. The Morgan fingerprint density at radius 2 is 2.20 bits per heavy atom. The van der Waals surface area contributed by atoms with Crippen LogP contribution in [0.1, 0.15) is 43.1 Å². The highest BCUT2D eigenvalue weighted by Crippen LogP contribution is 2.32. The highest BCUT2D eigenvalue weighted by molar-refractivity contribution is 5.78. The Balaban J connectivity index is 1.80. The fraction of sp³-hybridized carbons (Fsp3) is 0.684. The summed E-state index contributed by atoms with van der Waals surface area (Å²) >= 11 is 0. The van der Waals surface area contributed by atoms with Crippen LogP contribution in [-0.4, -0.2) is 65.8 Å². The fourth-order valence-electron chi connectivity index (χ4n) is 3.85. The molecule has 0 saturated heterocycles. The molecule has 0 aliphatic carbocycles. The predicted molar refractivity (Wildman–Crippen MR) is 100 cm³/mol. The van der Waals surface area contributed by atoms with Gasteiger partial charge in [-0.15, -0.1) is 0 Å². The highest BCUT2D eigenvalue weighted by atomic mass is 16.2. The summed E-state index contributed by atoms with van der Waals surface area (Å²) in [6, 6.07) is 0. The Morgan fingerprint density at radius 1 is 1.36 bits per heavy atom. The van der Waals surface area contributed by atoms with E-state index in [1.807, 2.05) is 18.9 Å². The zero-order chi connectivity index (χ0) is 17.8. The lowest BCUT2D eigenvalue weighted by Gasteiger charge is -2.27. The lowest BCUT2D eigenvalue weighted by atomic mass is 9.95. The van der Waals surface area contributed by atoms with Crippen LogP contribution in [0.4, 0.5) is 0 Å². The molecule has 2 aliphatic heterocycles. The number of hydrogen-bond acceptors (Lipinski definition) is 4. The monoisotopic (exact) mass is 345 g/mol. The van der Waals surface area contributed by atoms with Gasteiger partial charge in [0.15, 0.2) is 0 Å². The summed E-state index contributed by atoms with van der Waals surface area (Å²) in [5.41, 5.74) is 5.37. The molecule has 0 radical (unpaired) electrons. The number of hydrogen-bond donors (Lipinski definition) is 1. The van der Waals surface area contributed by atoms with Gasteiger partial charge in [-0.05, 0) is 38.9 Å². The molecule has 0 bridgehead atoms. The Bertz CT molecular complexity index is 648. The van der Waals surface area contributed by atoms with Crippen molar-refractivity contribution in [2.24, 2.45) is 0 Å². The SMILES string of the molecule is CCC(=O)N1CC=C(c2c(CN(C)CCNC)nn3c2CCC3)CC1. The van der Waals surface area contributed by atoms with E-state index in [1.54, 1.807) is 0 Å².